The number of hydrogen-bond donors (Lipinski definition) is 1. The third-order valence-electron chi connectivity index (χ3n) is 3.27. The Morgan fingerprint density at radius 2 is 1.95 bits per heavy atom. The van der Waals surface area contributed by atoms with E-state index in [2.05, 4.69) is 26.2 Å². The first-order valence-electron chi connectivity index (χ1n) is 6.12. The fraction of sp³-hybridized carbons (Fsp3) is 0.0667. The van der Waals surface area contributed by atoms with Gasteiger partial charge in [-0.15, -0.1) is 0 Å². The second-order valence-corrected chi connectivity index (χ2v) is 6.22. The molecule has 0 atom stereocenters. The van der Waals surface area contributed by atoms with Crippen molar-refractivity contribution in [2.24, 2.45) is 4.99 Å². The molecule has 3 nitrogen and oxygen atoms in total. The molecule has 2 aromatic rings. The minimum absolute atomic E-state index is 0.267. The first-order valence-corrected chi connectivity index (χ1v) is 7.67. The van der Waals surface area contributed by atoms with Gasteiger partial charge in [0.05, 0.1) is 21.4 Å². The highest BCUT2D eigenvalue weighted by molar-refractivity contribution is 9.10. The molecule has 0 aromatic heterocycles. The van der Waals surface area contributed by atoms with E-state index in [4.69, 9.17) is 23.2 Å². The molecule has 1 aliphatic rings. The monoisotopic (exact) mass is 382 g/mol. The van der Waals surface area contributed by atoms with Crippen LogP contribution in [0.5, 0.6) is 0 Å². The molecule has 1 N–H and O–H groups in total. The number of nitrogens with one attached hydrogen (secondary N) is 1. The molecule has 0 radical (unpaired) electrons. The van der Waals surface area contributed by atoms with Gasteiger partial charge in [-0.05, 0) is 46.6 Å². The van der Waals surface area contributed by atoms with Gasteiger partial charge in [0.1, 0.15) is 5.71 Å². The maximum absolute atomic E-state index is 12.1. The lowest BCUT2D eigenvalue weighted by atomic mass is 10.1. The molecule has 0 fully saturated rings. The molecule has 3 rings (SSSR count). The van der Waals surface area contributed by atoms with Gasteiger partial charge >= 0.3 is 0 Å². The molecule has 6 heteroatoms. The number of benzene rings is 2. The minimum Gasteiger partial charge on any atom is -0.319 e. The number of halogens is 3. The third-order valence-corrected chi connectivity index (χ3v) is 4.96. The largest absolute Gasteiger partial charge is 0.319 e. The average Bonchev–Trinajstić information content (AvgIpc) is 2.78. The number of anilines is 1. The van der Waals surface area contributed by atoms with Crippen LogP contribution in [0.3, 0.4) is 0 Å². The Balaban J connectivity index is 2.16. The highest BCUT2D eigenvalue weighted by Gasteiger charge is 2.27. The molecule has 0 unspecified atom stereocenters. The Labute approximate surface area is 140 Å². The zero-order valence-corrected chi connectivity index (χ0v) is 14.0. The molecule has 0 spiro atoms. The lowest BCUT2D eigenvalue weighted by Gasteiger charge is -2.05. The van der Waals surface area contributed by atoms with Crippen LogP contribution in [-0.4, -0.2) is 11.6 Å². The second-order valence-electron chi connectivity index (χ2n) is 4.58. The zero-order chi connectivity index (χ0) is 15.1. The molecule has 1 amide bonds. The van der Waals surface area contributed by atoms with Crippen LogP contribution in [0.1, 0.15) is 11.1 Å². The summed E-state index contributed by atoms with van der Waals surface area (Å²) in [7, 11) is 0. The summed E-state index contributed by atoms with van der Waals surface area (Å²) in [4.78, 5) is 16.6. The van der Waals surface area contributed by atoms with Crippen molar-refractivity contribution in [1.82, 2.24) is 0 Å². The highest BCUT2D eigenvalue weighted by Crippen LogP contribution is 2.35. The van der Waals surface area contributed by atoms with Gasteiger partial charge in [-0.3, -0.25) is 4.79 Å². The van der Waals surface area contributed by atoms with Crippen molar-refractivity contribution >= 4 is 62.1 Å². The Bertz CT molecular complexity index is 803. The predicted octanol–water partition coefficient (Wildman–Crippen LogP) is 5.14. The summed E-state index contributed by atoms with van der Waals surface area (Å²) >= 11 is 15.6. The van der Waals surface area contributed by atoms with Crippen molar-refractivity contribution < 1.29 is 4.79 Å². The normalized spacial score (nSPS) is 15.2. The summed E-state index contributed by atoms with van der Waals surface area (Å²) in [5, 5.41) is 3.82. The van der Waals surface area contributed by atoms with E-state index >= 15 is 0 Å². The molecule has 106 valence electrons. The van der Waals surface area contributed by atoms with E-state index in [1.807, 2.05) is 19.1 Å². The Kier molecular flexibility index (Phi) is 3.78. The van der Waals surface area contributed by atoms with Gasteiger partial charge in [-0.2, -0.15) is 0 Å². The predicted molar refractivity (Wildman–Crippen MR) is 90.2 cm³/mol. The third kappa shape index (κ3) is 2.48. The maximum Gasteiger partial charge on any atom is 0.275 e. The molecule has 21 heavy (non-hydrogen) atoms. The van der Waals surface area contributed by atoms with Gasteiger partial charge in [0.15, 0.2) is 0 Å². The topological polar surface area (TPSA) is 41.5 Å². The number of rotatable bonds is 1. The highest BCUT2D eigenvalue weighted by atomic mass is 79.9. The minimum atomic E-state index is -0.267. The van der Waals surface area contributed by atoms with Crippen molar-refractivity contribution in [2.45, 2.75) is 6.92 Å². The molecule has 0 bridgehead atoms. The summed E-state index contributed by atoms with van der Waals surface area (Å²) < 4.78 is 0.796. The lowest BCUT2D eigenvalue weighted by molar-refractivity contribution is -0.110. The lowest BCUT2D eigenvalue weighted by Crippen LogP contribution is -2.14. The SMILES string of the molecule is Cc1c(N=C2C(=O)Nc3c(Cl)cccc32)ccc(Br)c1Cl. The van der Waals surface area contributed by atoms with Crippen molar-refractivity contribution in [3.05, 3.63) is 56.0 Å². The Morgan fingerprint density at radius 1 is 1.19 bits per heavy atom. The quantitative estimate of drug-likeness (QED) is 0.727. The molecule has 0 saturated carbocycles. The molecular weight excluding hydrogens is 375 g/mol. The Hall–Kier alpha value is -1.36. The smallest absolute Gasteiger partial charge is 0.275 e. The van der Waals surface area contributed by atoms with Crippen molar-refractivity contribution in [1.29, 1.82) is 0 Å². The summed E-state index contributed by atoms with van der Waals surface area (Å²) in [5.74, 6) is -0.267. The van der Waals surface area contributed by atoms with Gasteiger partial charge in [0.2, 0.25) is 0 Å². The van der Waals surface area contributed by atoms with Gasteiger partial charge < -0.3 is 5.32 Å². The second kappa shape index (κ2) is 5.44. The van der Waals surface area contributed by atoms with Gasteiger partial charge in [0.25, 0.3) is 5.91 Å². The fourth-order valence-electron chi connectivity index (χ4n) is 2.14. The summed E-state index contributed by atoms with van der Waals surface area (Å²) in [6, 6.07) is 8.95. The van der Waals surface area contributed by atoms with Gasteiger partial charge in [-0.25, -0.2) is 4.99 Å². The number of aliphatic imine (C=N–C) groups is 1. The van der Waals surface area contributed by atoms with Gasteiger partial charge in [-0.1, -0.05) is 35.3 Å². The van der Waals surface area contributed by atoms with E-state index in [0.717, 1.165) is 10.0 Å². The van der Waals surface area contributed by atoms with Crippen LogP contribution >= 0.6 is 39.1 Å². The van der Waals surface area contributed by atoms with E-state index in [1.165, 1.54) is 0 Å². The van der Waals surface area contributed by atoms with E-state index < -0.39 is 0 Å². The van der Waals surface area contributed by atoms with Crippen molar-refractivity contribution in [2.75, 3.05) is 5.32 Å². The Morgan fingerprint density at radius 3 is 2.71 bits per heavy atom. The van der Waals surface area contributed by atoms with Crippen LogP contribution in [0.4, 0.5) is 11.4 Å². The van der Waals surface area contributed by atoms with Gasteiger partial charge in [0, 0.05) is 10.0 Å². The van der Waals surface area contributed by atoms with Crippen LogP contribution in [0, 0.1) is 6.92 Å². The first-order chi connectivity index (χ1) is 9.99. The average molecular weight is 384 g/mol. The van der Waals surface area contributed by atoms with Crippen LogP contribution in [0.15, 0.2) is 39.8 Å². The molecular formula is C15H9BrCl2N2O. The molecule has 1 heterocycles. The molecule has 1 aliphatic heterocycles. The first kappa shape index (κ1) is 14.6. The van der Waals surface area contributed by atoms with Crippen LogP contribution in [-0.2, 0) is 4.79 Å². The maximum atomic E-state index is 12.1. The standard InChI is InChI=1S/C15H9BrCl2N2O/c1-7-11(6-5-9(16)12(7)18)19-14-8-3-2-4-10(17)13(8)20-15(14)21/h2-6H,1H3,(H,19,20,21). The van der Waals surface area contributed by atoms with Crippen molar-refractivity contribution in [3.63, 3.8) is 0 Å². The number of para-hydroxylation sites is 1. The van der Waals surface area contributed by atoms with Crippen LogP contribution in [0.25, 0.3) is 0 Å². The molecule has 0 aliphatic carbocycles. The molecule has 0 saturated heterocycles. The molecule has 2 aromatic carbocycles. The number of hydrogen-bond acceptors (Lipinski definition) is 2. The number of fused-ring (bicyclic) bond motifs is 1. The van der Waals surface area contributed by atoms with E-state index in [0.29, 0.717) is 32.7 Å². The number of carbonyl (C=O) groups is 1. The van der Waals surface area contributed by atoms with E-state index in [9.17, 15) is 4.79 Å². The van der Waals surface area contributed by atoms with E-state index in [1.54, 1.807) is 18.2 Å². The van der Waals surface area contributed by atoms with E-state index in [-0.39, 0.29) is 5.91 Å². The summed E-state index contributed by atoms with van der Waals surface area (Å²) in [5.41, 5.74) is 3.10. The number of amides is 1. The number of carbonyl (C=O) groups excluding carboxylic acids is 1. The summed E-state index contributed by atoms with van der Waals surface area (Å²) in [6.07, 6.45) is 0. The van der Waals surface area contributed by atoms with Crippen LogP contribution in [0.2, 0.25) is 10.0 Å². The fourth-order valence-corrected chi connectivity index (χ4v) is 2.95. The van der Waals surface area contributed by atoms with Crippen molar-refractivity contribution in [3.8, 4) is 0 Å². The summed E-state index contributed by atoms with van der Waals surface area (Å²) in [6.45, 7) is 1.86. The van der Waals surface area contributed by atoms with Crippen LogP contribution < -0.4 is 5.32 Å². The number of nitrogens with zero attached hydrogens (tertiary/aromatic N) is 1. The zero-order valence-electron chi connectivity index (χ0n) is 10.9.